The van der Waals surface area contributed by atoms with E-state index in [2.05, 4.69) is 48.7 Å². The molecule has 0 saturated carbocycles. The second-order valence-corrected chi connectivity index (χ2v) is 4.30. The Bertz CT molecular complexity index is 335. The highest BCUT2D eigenvalue weighted by Gasteiger charge is 2.08. The smallest absolute Gasteiger partial charge is 0.00433 e. The summed E-state index contributed by atoms with van der Waals surface area (Å²) in [5.74, 6) is 0.769. The Morgan fingerprint density at radius 1 is 1.20 bits per heavy atom. The first-order chi connectivity index (χ1) is 7.36. The molecule has 0 radical (unpaired) electrons. The fourth-order valence-corrected chi connectivity index (χ4v) is 2.05. The second-order valence-electron chi connectivity index (χ2n) is 4.30. The van der Waals surface area contributed by atoms with Crippen molar-refractivity contribution in [2.75, 3.05) is 13.1 Å². The quantitative estimate of drug-likeness (QED) is 0.775. The summed E-state index contributed by atoms with van der Waals surface area (Å²) in [5.41, 5.74) is 2.72. The van der Waals surface area contributed by atoms with Crippen molar-refractivity contribution >= 4 is 6.08 Å². The van der Waals surface area contributed by atoms with E-state index in [1.54, 1.807) is 0 Å². The molecule has 0 amide bonds. The van der Waals surface area contributed by atoms with Gasteiger partial charge in [0.1, 0.15) is 0 Å². The Morgan fingerprint density at radius 2 is 1.93 bits per heavy atom. The highest BCUT2D eigenvalue weighted by molar-refractivity contribution is 5.53. The molecule has 0 aromatic heterocycles. The topological polar surface area (TPSA) is 12.0 Å². The van der Waals surface area contributed by atoms with Gasteiger partial charge in [0, 0.05) is 0 Å². The maximum absolute atomic E-state index is 3.39. The zero-order chi connectivity index (χ0) is 10.5. The molecular weight excluding hydrogens is 182 g/mol. The van der Waals surface area contributed by atoms with Crippen LogP contribution in [-0.4, -0.2) is 13.1 Å². The van der Waals surface area contributed by atoms with E-state index in [-0.39, 0.29) is 0 Å². The van der Waals surface area contributed by atoms with Crippen molar-refractivity contribution in [3.05, 3.63) is 41.5 Å². The maximum Gasteiger partial charge on any atom is -0.00433 e. The fraction of sp³-hybridized carbons (Fsp3) is 0.429. The molecule has 1 fully saturated rings. The van der Waals surface area contributed by atoms with Crippen molar-refractivity contribution in [2.24, 2.45) is 5.92 Å². The number of hydrogen-bond donors (Lipinski definition) is 1. The van der Waals surface area contributed by atoms with Gasteiger partial charge in [-0.1, -0.05) is 36.4 Å². The zero-order valence-electron chi connectivity index (χ0n) is 9.37. The standard InChI is InChI=1S/C14H19N/c1-12-4-2-3-5-14(12)7-6-13-8-10-15-11-9-13/h2-7,13,15H,8-11H2,1H3. The molecule has 2 rings (SSSR count). The summed E-state index contributed by atoms with van der Waals surface area (Å²) in [7, 11) is 0. The number of rotatable bonds is 2. The van der Waals surface area contributed by atoms with Crippen LogP contribution in [0.5, 0.6) is 0 Å². The minimum absolute atomic E-state index is 0.769. The van der Waals surface area contributed by atoms with Crippen molar-refractivity contribution in [3.63, 3.8) is 0 Å². The van der Waals surface area contributed by atoms with Crippen LogP contribution in [0.15, 0.2) is 30.3 Å². The second kappa shape index (κ2) is 5.13. The molecule has 80 valence electrons. The molecule has 1 N–H and O–H groups in total. The van der Waals surface area contributed by atoms with E-state index in [4.69, 9.17) is 0 Å². The third kappa shape index (κ3) is 2.93. The first-order valence-electron chi connectivity index (χ1n) is 5.81. The van der Waals surface area contributed by atoms with Gasteiger partial charge in [0.15, 0.2) is 0 Å². The number of hydrogen-bond acceptors (Lipinski definition) is 1. The van der Waals surface area contributed by atoms with Crippen LogP contribution in [0.25, 0.3) is 6.08 Å². The molecule has 15 heavy (non-hydrogen) atoms. The molecule has 0 atom stereocenters. The number of benzene rings is 1. The van der Waals surface area contributed by atoms with Crippen molar-refractivity contribution in [1.29, 1.82) is 0 Å². The van der Waals surface area contributed by atoms with Crippen LogP contribution in [-0.2, 0) is 0 Å². The number of aryl methyl sites for hydroxylation is 1. The molecule has 1 aliphatic heterocycles. The molecule has 0 bridgehead atoms. The first kappa shape index (κ1) is 10.4. The predicted octanol–water partition coefficient (Wildman–Crippen LogP) is 3.01. The summed E-state index contributed by atoms with van der Waals surface area (Å²) < 4.78 is 0. The van der Waals surface area contributed by atoms with Crippen LogP contribution in [0.4, 0.5) is 0 Å². The highest BCUT2D eigenvalue weighted by Crippen LogP contribution is 2.16. The normalized spacial score (nSPS) is 18.5. The van der Waals surface area contributed by atoms with Crippen LogP contribution in [0.2, 0.25) is 0 Å². The Morgan fingerprint density at radius 3 is 2.67 bits per heavy atom. The Hall–Kier alpha value is -1.08. The lowest BCUT2D eigenvalue weighted by Crippen LogP contribution is -2.26. The van der Waals surface area contributed by atoms with Crippen LogP contribution in [0, 0.1) is 12.8 Å². The van der Waals surface area contributed by atoms with Gasteiger partial charge >= 0.3 is 0 Å². The van der Waals surface area contributed by atoms with Gasteiger partial charge < -0.3 is 5.32 Å². The SMILES string of the molecule is Cc1ccccc1C=CC1CCNCC1. The van der Waals surface area contributed by atoms with E-state index in [1.165, 1.54) is 37.1 Å². The maximum atomic E-state index is 3.39. The summed E-state index contributed by atoms with van der Waals surface area (Å²) in [6.45, 7) is 4.51. The fourth-order valence-electron chi connectivity index (χ4n) is 2.05. The van der Waals surface area contributed by atoms with Crippen molar-refractivity contribution in [1.82, 2.24) is 5.32 Å². The lowest BCUT2D eigenvalue weighted by atomic mass is 9.96. The van der Waals surface area contributed by atoms with E-state index in [0.717, 1.165) is 5.92 Å². The van der Waals surface area contributed by atoms with Crippen molar-refractivity contribution in [3.8, 4) is 0 Å². The van der Waals surface area contributed by atoms with Gasteiger partial charge in [-0.15, -0.1) is 0 Å². The minimum Gasteiger partial charge on any atom is -0.317 e. The van der Waals surface area contributed by atoms with Crippen LogP contribution < -0.4 is 5.32 Å². The molecular formula is C14H19N. The molecule has 1 saturated heterocycles. The largest absolute Gasteiger partial charge is 0.317 e. The average molecular weight is 201 g/mol. The van der Waals surface area contributed by atoms with E-state index in [9.17, 15) is 0 Å². The molecule has 0 unspecified atom stereocenters. The predicted molar refractivity (Wildman–Crippen MR) is 65.8 cm³/mol. The molecule has 1 nitrogen and oxygen atoms in total. The molecule has 1 heteroatoms. The average Bonchev–Trinajstić information content (AvgIpc) is 2.29. The lowest BCUT2D eigenvalue weighted by molar-refractivity contribution is 0.438. The molecule has 1 aromatic carbocycles. The summed E-state index contributed by atoms with van der Waals surface area (Å²) in [4.78, 5) is 0. The van der Waals surface area contributed by atoms with Crippen LogP contribution in [0.1, 0.15) is 24.0 Å². The van der Waals surface area contributed by atoms with E-state index < -0.39 is 0 Å². The minimum atomic E-state index is 0.769. The highest BCUT2D eigenvalue weighted by atomic mass is 14.9. The van der Waals surface area contributed by atoms with Crippen LogP contribution in [0.3, 0.4) is 0 Å². The van der Waals surface area contributed by atoms with Gasteiger partial charge in [0.2, 0.25) is 0 Å². The molecule has 1 aromatic rings. The third-order valence-corrected chi connectivity index (χ3v) is 3.12. The summed E-state index contributed by atoms with van der Waals surface area (Å²) in [5, 5.41) is 3.39. The molecule has 0 spiro atoms. The van der Waals surface area contributed by atoms with Gasteiger partial charge in [0.05, 0.1) is 0 Å². The van der Waals surface area contributed by atoms with E-state index in [0.29, 0.717) is 0 Å². The van der Waals surface area contributed by atoms with Gasteiger partial charge in [-0.05, 0) is 49.9 Å². The van der Waals surface area contributed by atoms with Gasteiger partial charge in [-0.3, -0.25) is 0 Å². The van der Waals surface area contributed by atoms with Crippen molar-refractivity contribution in [2.45, 2.75) is 19.8 Å². The van der Waals surface area contributed by atoms with Gasteiger partial charge in [-0.25, -0.2) is 0 Å². The number of piperidine rings is 1. The summed E-state index contributed by atoms with van der Waals surface area (Å²) in [6.07, 6.45) is 7.22. The van der Waals surface area contributed by atoms with Gasteiger partial charge in [0.25, 0.3) is 0 Å². The van der Waals surface area contributed by atoms with Gasteiger partial charge in [-0.2, -0.15) is 0 Å². The third-order valence-electron chi connectivity index (χ3n) is 3.12. The monoisotopic (exact) mass is 201 g/mol. The number of nitrogens with one attached hydrogen (secondary N) is 1. The molecule has 1 aliphatic rings. The Kier molecular flexibility index (Phi) is 3.57. The van der Waals surface area contributed by atoms with Crippen molar-refractivity contribution < 1.29 is 0 Å². The Balaban J connectivity index is 2.01. The lowest BCUT2D eigenvalue weighted by Gasteiger charge is -2.19. The van der Waals surface area contributed by atoms with E-state index in [1.807, 2.05) is 0 Å². The summed E-state index contributed by atoms with van der Waals surface area (Å²) >= 11 is 0. The first-order valence-corrected chi connectivity index (χ1v) is 5.81. The zero-order valence-corrected chi connectivity index (χ0v) is 9.37. The van der Waals surface area contributed by atoms with Crippen LogP contribution >= 0.6 is 0 Å². The van der Waals surface area contributed by atoms with E-state index >= 15 is 0 Å². The number of allylic oxidation sites excluding steroid dienone is 1. The molecule has 1 heterocycles. The summed E-state index contributed by atoms with van der Waals surface area (Å²) in [6, 6.07) is 8.56. The Labute approximate surface area is 92.2 Å². The molecule has 0 aliphatic carbocycles.